The summed E-state index contributed by atoms with van der Waals surface area (Å²) in [7, 11) is 0. The first-order valence-electron chi connectivity index (χ1n) is 8.48. The highest BCUT2D eigenvalue weighted by molar-refractivity contribution is 6.05. The van der Waals surface area contributed by atoms with Gasteiger partial charge < -0.3 is 19.8 Å². The maximum absolute atomic E-state index is 12.6. The summed E-state index contributed by atoms with van der Waals surface area (Å²) in [4.78, 5) is 26.3. The Labute approximate surface area is 156 Å². The summed E-state index contributed by atoms with van der Waals surface area (Å²) in [5.41, 5.74) is 0.623. The number of aromatic hydroxyl groups is 2. The van der Waals surface area contributed by atoms with Crippen molar-refractivity contribution in [1.82, 2.24) is 0 Å². The molecule has 0 saturated carbocycles. The number of phenolic OH excluding ortho intramolecular Hbond substituents is 2. The van der Waals surface area contributed by atoms with Crippen LogP contribution in [0.2, 0.25) is 0 Å². The van der Waals surface area contributed by atoms with E-state index >= 15 is 0 Å². The standard InChI is InChI=1S/C21H19NO5/c1-2-22(18-9-5-7-14-6-3-4-8-16(14)18)20(25)13-27-21(26)17-11-10-15(23)12-19(17)24/h3-12,23-24H,2,13H2,1H3. The molecule has 0 saturated heterocycles. The number of rotatable bonds is 5. The molecule has 0 aliphatic heterocycles. The molecule has 0 spiro atoms. The van der Waals surface area contributed by atoms with Crippen LogP contribution < -0.4 is 4.90 Å². The van der Waals surface area contributed by atoms with Crippen LogP contribution in [0.15, 0.2) is 60.7 Å². The number of likely N-dealkylation sites (N-methyl/N-ethyl adjacent to an activating group) is 1. The van der Waals surface area contributed by atoms with Crippen LogP contribution in [-0.4, -0.2) is 35.2 Å². The minimum absolute atomic E-state index is 0.117. The van der Waals surface area contributed by atoms with Crippen molar-refractivity contribution in [2.45, 2.75) is 6.92 Å². The van der Waals surface area contributed by atoms with E-state index in [1.54, 1.807) is 4.90 Å². The van der Waals surface area contributed by atoms with Gasteiger partial charge in [-0.25, -0.2) is 4.79 Å². The van der Waals surface area contributed by atoms with E-state index in [-0.39, 0.29) is 17.2 Å². The lowest BCUT2D eigenvalue weighted by Gasteiger charge is -2.22. The molecule has 138 valence electrons. The summed E-state index contributed by atoms with van der Waals surface area (Å²) in [6.45, 7) is 1.79. The minimum Gasteiger partial charge on any atom is -0.508 e. The molecule has 3 aromatic carbocycles. The first-order chi connectivity index (χ1) is 13.0. The van der Waals surface area contributed by atoms with Crippen molar-refractivity contribution >= 4 is 28.3 Å². The zero-order chi connectivity index (χ0) is 19.4. The van der Waals surface area contributed by atoms with Crippen molar-refractivity contribution in [1.29, 1.82) is 0 Å². The highest BCUT2D eigenvalue weighted by Crippen LogP contribution is 2.27. The Kier molecular flexibility index (Phi) is 5.26. The molecule has 6 nitrogen and oxygen atoms in total. The van der Waals surface area contributed by atoms with Crippen LogP contribution in [0.3, 0.4) is 0 Å². The van der Waals surface area contributed by atoms with Gasteiger partial charge in [0.25, 0.3) is 5.91 Å². The molecule has 0 atom stereocenters. The lowest BCUT2D eigenvalue weighted by atomic mass is 10.1. The smallest absolute Gasteiger partial charge is 0.342 e. The first kappa shape index (κ1) is 18.3. The molecule has 3 rings (SSSR count). The second-order valence-electron chi connectivity index (χ2n) is 5.91. The topological polar surface area (TPSA) is 87.1 Å². The molecule has 0 bridgehead atoms. The highest BCUT2D eigenvalue weighted by atomic mass is 16.5. The quantitative estimate of drug-likeness (QED) is 0.676. The third-order valence-corrected chi connectivity index (χ3v) is 4.20. The molecular formula is C21H19NO5. The fraction of sp³-hybridized carbons (Fsp3) is 0.143. The molecule has 0 aromatic heterocycles. The molecule has 6 heteroatoms. The Morgan fingerprint density at radius 1 is 1.00 bits per heavy atom. The Balaban J connectivity index is 1.76. The van der Waals surface area contributed by atoms with Crippen LogP contribution in [0.5, 0.6) is 11.5 Å². The van der Waals surface area contributed by atoms with Crippen LogP contribution in [0, 0.1) is 0 Å². The summed E-state index contributed by atoms with van der Waals surface area (Å²) >= 11 is 0. The van der Waals surface area contributed by atoms with E-state index in [9.17, 15) is 19.8 Å². The molecule has 0 aliphatic carbocycles. The summed E-state index contributed by atoms with van der Waals surface area (Å²) in [5.74, 6) is -1.79. The van der Waals surface area contributed by atoms with E-state index in [0.29, 0.717) is 6.54 Å². The molecule has 0 heterocycles. The number of anilines is 1. The highest BCUT2D eigenvalue weighted by Gasteiger charge is 2.20. The maximum Gasteiger partial charge on any atom is 0.342 e. The Hall–Kier alpha value is -3.54. The molecule has 0 aliphatic rings. The number of amides is 1. The zero-order valence-corrected chi connectivity index (χ0v) is 14.8. The average molecular weight is 365 g/mol. The van der Waals surface area contributed by atoms with Gasteiger partial charge in [0.15, 0.2) is 6.61 Å². The van der Waals surface area contributed by atoms with E-state index < -0.39 is 18.3 Å². The number of fused-ring (bicyclic) bond motifs is 1. The van der Waals surface area contributed by atoms with Gasteiger partial charge in [-0.1, -0.05) is 36.4 Å². The monoisotopic (exact) mass is 365 g/mol. The Morgan fingerprint density at radius 3 is 2.48 bits per heavy atom. The van der Waals surface area contributed by atoms with Gasteiger partial charge in [0, 0.05) is 18.0 Å². The SMILES string of the molecule is CCN(C(=O)COC(=O)c1ccc(O)cc1O)c1cccc2ccccc12. The number of hydrogen-bond acceptors (Lipinski definition) is 5. The van der Waals surface area contributed by atoms with Crippen molar-refractivity contribution in [3.8, 4) is 11.5 Å². The molecule has 3 aromatic rings. The molecule has 27 heavy (non-hydrogen) atoms. The van der Waals surface area contributed by atoms with Crippen molar-refractivity contribution in [2.75, 3.05) is 18.1 Å². The van der Waals surface area contributed by atoms with Gasteiger partial charge in [-0.2, -0.15) is 0 Å². The fourth-order valence-corrected chi connectivity index (χ4v) is 2.90. The molecular weight excluding hydrogens is 346 g/mol. The number of carbonyl (C=O) groups excluding carboxylic acids is 2. The third-order valence-electron chi connectivity index (χ3n) is 4.20. The van der Waals surface area contributed by atoms with Crippen LogP contribution in [0.4, 0.5) is 5.69 Å². The fourth-order valence-electron chi connectivity index (χ4n) is 2.90. The number of esters is 1. The average Bonchev–Trinajstić information content (AvgIpc) is 2.67. The lowest BCUT2D eigenvalue weighted by Crippen LogP contribution is -2.34. The van der Waals surface area contributed by atoms with E-state index in [2.05, 4.69) is 0 Å². The van der Waals surface area contributed by atoms with Crippen LogP contribution in [0.1, 0.15) is 17.3 Å². The van der Waals surface area contributed by atoms with Crippen LogP contribution >= 0.6 is 0 Å². The van der Waals surface area contributed by atoms with Crippen LogP contribution in [0.25, 0.3) is 10.8 Å². The maximum atomic E-state index is 12.6. The van der Waals surface area contributed by atoms with Crippen LogP contribution in [-0.2, 0) is 9.53 Å². The minimum atomic E-state index is -0.838. The largest absolute Gasteiger partial charge is 0.508 e. The van der Waals surface area contributed by atoms with Gasteiger partial charge in [0.05, 0.1) is 5.69 Å². The molecule has 0 radical (unpaired) electrons. The Morgan fingerprint density at radius 2 is 1.74 bits per heavy atom. The lowest BCUT2D eigenvalue weighted by molar-refractivity contribution is -0.121. The van der Waals surface area contributed by atoms with Gasteiger partial charge in [0.2, 0.25) is 0 Å². The van der Waals surface area contributed by atoms with E-state index in [0.717, 1.165) is 22.5 Å². The zero-order valence-electron chi connectivity index (χ0n) is 14.8. The van der Waals surface area contributed by atoms with Gasteiger partial charge in [-0.15, -0.1) is 0 Å². The number of hydrogen-bond donors (Lipinski definition) is 2. The van der Waals surface area contributed by atoms with E-state index in [1.807, 2.05) is 49.4 Å². The van der Waals surface area contributed by atoms with E-state index in [4.69, 9.17) is 4.74 Å². The van der Waals surface area contributed by atoms with Crippen molar-refractivity contribution in [3.63, 3.8) is 0 Å². The molecule has 1 amide bonds. The second-order valence-corrected chi connectivity index (χ2v) is 5.91. The number of carbonyl (C=O) groups is 2. The van der Waals surface area contributed by atoms with Crippen molar-refractivity contribution in [3.05, 3.63) is 66.2 Å². The number of benzene rings is 3. The van der Waals surface area contributed by atoms with Gasteiger partial charge in [0.1, 0.15) is 17.1 Å². The number of ether oxygens (including phenoxy) is 1. The summed E-state index contributed by atoms with van der Waals surface area (Å²) in [6.07, 6.45) is 0. The Bertz CT molecular complexity index is 994. The van der Waals surface area contributed by atoms with Gasteiger partial charge in [-0.05, 0) is 30.5 Å². The summed E-state index contributed by atoms with van der Waals surface area (Å²) < 4.78 is 5.06. The first-order valence-corrected chi connectivity index (χ1v) is 8.48. The number of nitrogens with zero attached hydrogens (tertiary/aromatic N) is 1. The summed E-state index contributed by atoms with van der Waals surface area (Å²) in [5, 5.41) is 20.9. The number of phenols is 2. The molecule has 0 fully saturated rings. The normalized spacial score (nSPS) is 10.6. The molecule has 0 unspecified atom stereocenters. The summed E-state index contributed by atoms with van der Waals surface area (Å²) in [6, 6.07) is 16.9. The van der Waals surface area contributed by atoms with Gasteiger partial charge in [-0.3, -0.25) is 4.79 Å². The second kappa shape index (κ2) is 7.78. The third kappa shape index (κ3) is 3.84. The van der Waals surface area contributed by atoms with Crippen molar-refractivity contribution in [2.24, 2.45) is 0 Å². The van der Waals surface area contributed by atoms with Crippen molar-refractivity contribution < 1.29 is 24.5 Å². The van der Waals surface area contributed by atoms with E-state index in [1.165, 1.54) is 12.1 Å². The predicted octanol–water partition coefficient (Wildman–Crippen LogP) is 3.46. The molecule has 2 N–H and O–H groups in total. The van der Waals surface area contributed by atoms with Gasteiger partial charge >= 0.3 is 5.97 Å². The predicted molar refractivity (Wildman–Crippen MR) is 102 cm³/mol.